The molecule has 1 unspecified atom stereocenters. The van der Waals surface area contributed by atoms with E-state index in [1.165, 1.54) is 146 Å². The molecule has 6 aliphatic heterocycles. The molecule has 0 amide bonds. The Kier molecular flexibility index (Phi) is 17.4. The zero-order valence-electron chi connectivity index (χ0n) is 65.0. The first-order chi connectivity index (χ1) is 49.2. The Morgan fingerprint density at radius 3 is 0.990 bits per heavy atom. The molecule has 526 valence electrons. The van der Waals surface area contributed by atoms with Crippen LogP contribution in [0.1, 0.15) is 174 Å². The van der Waals surface area contributed by atoms with Crippen LogP contribution in [0.4, 0.5) is 34.1 Å². The smallest absolute Gasteiger partial charge is 0.209 e. The standard InChI is InChI=1S/C97H110N6/c1-92(2)70-40-19-25-46-76(70)98(13)82(92)58-52-64-34-31-35-65(53-59-83-93(3,4)71-41-20-26-47-77(71)99(83)14)88(64)91(89-66(54-60-84-94(5,6)72-42-21-27-48-78(72)100(84)15)36-32-37-67(89)55-61-85-95(7,8)73-43-22-28-49-79(73)101(85)16)90-68(56-62-86-96(9,10)74-44-23-29-50-80(74)102(86)17)38-33-39-69(90)57-63-87-97(11,12)75-45-24-30-51-81(75)103(87)18/h19-30,40-63,82,91H,31-39H2,1-18H3/q+2. The molecule has 0 bridgehead atoms. The molecule has 6 aromatic rings. The maximum Gasteiger partial charge on any atom is 0.209 e. The molecule has 0 aromatic heterocycles. The maximum atomic E-state index is 2.65. The molecule has 1 atom stereocenters. The summed E-state index contributed by atoms with van der Waals surface area (Å²) in [6.45, 7) is 29.3. The van der Waals surface area contributed by atoms with E-state index in [0.717, 1.165) is 57.8 Å². The van der Waals surface area contributed by atoms with Crippen molar-refractivity contribution in [2.75, 3.05) is 61.9 Å². The molecule has 6 nitrogen and oxygen atoms in total. The molecule has 0 saturated heterocycles. The van der Waals surface area contributed by atoms with Gasteiger partial charge in [0.15, 0.2) is 11.4 Å². The normalized spacial score (nSPS) is 24.7. The van der Waals surface area contributed by atoms with Gasteiger partial charge in [-0.05, 0) is 200 Å². The number of hydrogen-bond donors (Lipinski definition) is 0. The lowest BCUT2D eigenvalue weighted by atomic mass is 9.64. The highest BCUT2D eigenvalue weighted by Crippen LogP contribution is 2.56. The van der Waals surface area contributed by atoms with E-state index in [-0.39, 0.29) is 44.4 Å². The van der Waals surface area contributed by atoms with Crippen molar-refractivity contribution >= 4 is 45.5 Å². The number of anilines is 4. The number of hydrogen-bond acceptors (Lipinski definition) is 4. The zero-order valence-corrected chi connectivity index (χ0v) is 65.0. The van der Waals surface area contributed by atoms with Gasteiger partial charge in [-0.3, -0.25) is 0 Å². The zero-order chi connectivity index (χ0) is 72.4. The van der Waals surface area contributed by atoms with E-state index in [1.54, 1.807) is 0 Å². The molecule has 0 radical (unpaired) electrons. The SMILES string of the molecule is CN1C(=CC=C2CCCC(C=CC3=[N+](C)c4ccccc4C3(C)C)=C2C(C2=C(C=CC3=[N+](C)c4ccccc4C3(C)C)CCCC2=CC=C2N(C)c3ccccc3C2(C)C)C2=C(C=CC3N(C)c4ccccc4C3(C)C)CCCC2=CC=C2N(C)c3ccccc3C2(C)C)C(C)(C)c2ccccc21. The minimum atomic E-state index is -0.213. The van der Waals surface area contributed by atoms with Crippen LogP contribution in [-0.2, 0) is 32.5 Å². The fourth-order valence-corrected chi connectivity index (χ4v) is 20.5. The fraction of sp³-hybridized carbons (Fsp3) is 0.361. The van der Waals surface area contributed by atoms with Crippen molar-refractivity contribution in [1.29, 1.82) is 0 Å². The van der Waals surface area contributed by atoms with Crippen LogP contribution in [0, 0.1) is 5.92 Å². The summed E-state index contributed by atoms with van der Waals surface area (Å²) in [7, 11) is 13.8. The van der Waals surface area contributed by atoms with Gasteiger partial charge in [-0.2, -0.15) is 9.15 Å². The van der Waals surface area contributed by atoms with Gasteiger partial charge in [0.05, 0.1) is 16.9 Å². The lowest BCUT2D eigenvalue weighted by Crippen LogP contribution is -2.37. The summed E-state index contributed by atoms with van der Waals surface area (Å²) in [5.74, 6) is -0.178. The number of para-hydroxylation sites is 6. The van der Waals surface area contributed by atoms with E-state index in [9.17, 15) is 0 Å². The predicted molar refractivity (Wildman–Crippen MR) is 438 cm³/mol. The van der Waals surface area contributed by atoms with Gasteiger partial charge < -0.3 is 19.6 Å². The van der Waals surface area contributed by atoms with Crippen LogP contribution in [0.2, 0.25) is 0 Å². The first kappa shape index (κ1) is 69.5. The van der Waals surface area contributed by atoms with Crippen molar-refractivity contribution < 1.29 is 9.15 Å². The Morgan fingerprint density at radius 2 is 0.650 bits per heavy atom. The highest BCUT2D eigenvalue weighted by molar-refractivity contribution is 6.04. The van der Waals surface area contributed by atoms with E-state index < -0.39 is 0 Å². The van der Waals surface area contributed by atoms with Gasteiger partial charge in [0.1, 0.15) is 14.1 Å². The van der Waals surface area contributed by atoms with E-state index in [1.807, 2.05) is 0 Å². The quantitative estimate of drug-likeness (QED) is 0.114. The van der Waals surface area contributed by atoms with Gasteiger partial charge in [0.2, 0.25) is 11.4 Å². The van der Waals surface area contributed by atoms with Gasteiger partial charge in [-0.1, -0.05) is 207 Å². The highest BCUT2D eigenvalue weighted by Gasteiger charge is 2.48. The molecule has 3 aliphatic carbocycles. The number of benzene rings is 6. The number of nitrogens with zero attached hydrogens (tertiary/aromatic N) is 6. The summed E-state index contributed by atoms with van der Waals surface area (Å²) in [6, 6.07) is 54.7. The third-order valence-electron chi connectivity index (χ3n) is 26.1. The Bertz CT molecular complexity index is 4770. The predicted octanol–water partition coefficient (Wildman–Crippen LogP) is 22.6. The largest absolute Gasteiger partial charge is 0.367 e. The van der Waals surface area contributed by atoms with E-state index >= 15 is 0 Å². The number of allylic oxidation sites excluding steroid dienone is 23. The van der Waals surface area contributed by atoms with Crippen LogP contribution >= 0.6 is 0 Å². The second-order valence-electron chi connectivity index (χ2n) is 34.1. The summed E-state index contributed by atoms with van der Waals surface area (Å²) < 4.78 is 4.95. The third-order valence-corrected chi connectivity index (χ3v) is 26.1. The highest BCUT2D eigenvalue weighted by atomic mass is 15.2. The Hall–Kier alpha value is -9.26. The average molecular weight is 1360 g/mol. The summed E-state index contributed by atoms with van der Waals surface area (Å²) in [5.41, 5.74) is 34.5. The van der Waals surface area contributed by atoms with Crippen molar-refractivity contribution in [3.63, 3.8) is 0 Å². The molecule has 0 spiro atoms. The van der Waals surface area contributed by atoms with Gasteiger partial charge in [-0.25, -0.2) is 0 Å². The lowest BCUT2D eigenvalue weighted by Gasteiger charge is -2.39. The van der Waals surface area contributed by atoms with Gasteiger partial charge in [-0.15, -0.1) is 0 Å². The molecule has 0 fully saturated rings. The molecule has 9 aliphatic rings. The van der Waals surface area contributed by atoms with Crippen LogP contribution in [0.25, 0.3) is 0 Å². The molecular weight excluding hydrogens is 1250 g/mol. The monoisotopic (exact) mass is 1360 g/mol. The van der Waals surface area contributed by atoms with E-state index in [0.29, 0.717) is 0 Å². The minimum Gasteiger partial charge on any atom is -0.367 e. The Balaban J connectivity index is 1.07. The van der Waals surface area contributed by atoms with Gasteiger partial charge in [0, 0.05) is 131 Å². The van der Waals surface area contributed by atoms with Crippen molar-refractivity contribution in [3.05, 3.63) is 319 Å². The van der Waals surface area contributed by atoms with Crippen LogP contribution in [0.3, 0.4) is 0 Å². The molecule has 6 aromatic carbocycles. The molecular formula is C97H110N6+2. The second kappa shape index (κ2) is 25.9. The number of rotatable bonds is 12. The van der Waals surface area contributed by atoms with Crippen molar-refractivity contribution in [2.45, 2.75) is 179 Å². The molecule has 0 saturated carbocycles. The average Bonchev–Trinajstić information content (AvgIpc) is 1.49. The van der Waals surface area contributed by atoms with Crippen LogP contribution in [-0.4, -0.2) is 68.9 Å². The van der Waals surface area contributed by atoms with Gasteiger partial charge >= 0.3 is 0 Å². The minimum absolute atomic E-state index is 0.132. The number of likely N-dealkylation sites (N-methyl/N-ethyl adjacent to an activating group) is 4. The first-order valence-electron chi connectivity index (χ1n) is 38.4. The molecule has 0 N–H and O–H groups in total. The van der Waals surface area contributed by atoms with Gasteiger partial charge in [0.25, 0.3) is 0 Å². The Morgan fingerprint density at radius 1 is 0.340 bits per heavy atom. The summed E-state index contributed by atoms with van der Waals surface area (Å²) in [5, 5.41) is 0. The molecule has 103 heavy (non-hydrogen) atoms. The van der Waals surface area contributed by atoms with Crippen LogP contribution < -0.4 is 19.6 Å². The van der Waals surface area contributed by atoms with Crippen molar-refractivity contribution in [3.8, 4) is 0 Å². The van der Waals surface area contributed by atoms with Crippen molar-refractivity contribution in [2.24, 2.45) is 5.92 Å². The first-order valence-corrected chi connectivity index (χ1v) is 38.4. The van der Waals surface area contributed by atoms with E-state index in [2.05, 4.69) is 373 Å². The third kappa shape index (κ3) is 11.2. The fourth-order valence-electron chi connectivity index (χ4n) is 20.5. The summed E-state index contributed by atoms with van der Waals surface area (Å²) in [4.78, 5) is 9.98. The maximum absolute atomic E-state index is 2.65. The molecule has 6 heteroatoms. The van der Waals surface area contributed by atoms with E-state index in [4.69, 9.17) is 0 Å². The van der Waals surface area contributed by atoms with Crippen LogP contribution in [0.5, 0.6) is 0 Å². The summed E-state index contributed by atoms with van der Waals surface area (Å²) in [6.07, 6.45) is 40.0. The lowest BCUT2D eigenvalue weighted by molar-refractivity contribution is -0.401. The summed E-state index contributed by atoms with van der Waals surface area (Å²) >= 11 is 0. The number of fused-ring (bicyclic) bond motifs is 6. The second-order valence-corrected chi connectivity index (χ2v) is 34.1. The van der Waals surface area contributed by atoms with Crippen LogP contribution in [0.15, 0.2) is 286 Å². The Labute approximate surface area is 617 Å². The van der Waals surface area contributed by atoms with Crippen molar-refractivity contribution in [1.82, 2.24) is 0 Å². The molecule has 15 rings (SSSR count). The topological polar surface area (TPSA) is 19.0 Å². The molecule has 6 heterocycles.